The second kappa shape index (κ2) is 10.1. The van der Waals surface area contributed by atoms with Gasteiger partial charge < -0.3 is 24.4 Å². The van der Waals surface area contributed by atoms with Crippen molar-refractivity contribution in [2.75, 3.05) is 13.2 Å². The standard InChI is InChI=1S/C16H33N2O6P/c1-9-22-25(21,23-10-2)14(11(3)4)18-13(19)12(5)17-15(20)24-16(6,7)8/h11-12,14H,9-10H2,1-8H3,(H,17,20)(H,18,19)/t12-,14?/m0/s1. The Morgan fingerprint density at radius 2 is 1.48 bits per heavy atom. The molecule has 0 saturated carbocycles. The third-order valence-electron chi connectivity index (χ3n) is 3.01. The van der Waals surface area contributed by atoms with Gasteiger partial charge >= 0.3 is 13.7 Å². The number of nitrogens with one attached hydrogen (secondary N) is 2. The zero-order valence-corrected chi connectivity index (χ0v) is 17.4. The molecule has 0 heterocycles. The molecule has 0 aromatic rings. The fourth-order valence-corrected chi connectivity index (χ4v) is 4.12. The molecule has 2 amide bonds. The first kappa shape index (κ1) is 23.9. The predicted octanol–water partition coefficient (Wildman–Crippen LogP) is 3.26. The van der Waals surface area contributed by atoms with Gasteiger partial charge in [-0.2, -0.15) is 0 Å². The van der Waals surface area contributed by atoms with Gasteiger partial charge in [-0.25, -0.2) is 4.79 Å². The zero-order valence-electron chi connectivity index (χ0n) is 16.5. The number of hydrogen-bond acceptors (Lipinski definition) is 6. The van der Waals surface area contributed by atoms with Gasteiger partial charge in [0.1, 0.15) is 17.4 Å². The molecule has 0 aromatic heterocycles. The van der Waals surface area contributed by atoms with Gasteiger partial charge in [-0.15, -0.1) is 0 Å². The number of ether oxygens (including phenoxy) is 1. The van der Waals surface area contributed by atoms with Crippen LogP contribution in [0.2, 0.25) is 0 Å². The van der Waals surface area contributed by atoms with Crippen LogP contribution < -0.4 is 10.6 Å². The maximum Gasteiger partial charge on any atom is 0.408 e. The molecule has 0 aliphatic rings. The lowest BCUT2D eigenvalue weighted by Crippen LogP contribution is -2.50. The Labute approximate surface area is 150 Å². The highest BCUT2D eigenvalue weighted by Gasteiger charge is 2.39. The fourth-order valence-electron chi connectivity index (χ4n) is 1.99. The smallest absolute Gasteiger partial charge is 0.408 e. The maximum atomic E-state index is 13.0. The van der Waals surface area contributed by atoms with Crippen molar-refractivity contribution >= 4 is 19.6 Å². The summed E-state index contributed by atoms with van der Waals surface area (Å²) in [6, 6.07) is -0.868. The van der Waals surface area contributed by atoms with Crippen LogP contribution >= 0.6 is 7.60 Å². The second-order valence-corrected chi connectivity index (χ2v) is 9.09. The minimum Gasteiger partial charge on any atom is -0.444 e. The van der Waals surface area contributed by atoms with Crippen LogP contribution in [0.5, 0.6) is 0 Å². The molecule has 0 aromatic carbocycles. The molecular formula is C16H33N2O6P. The first-order valence-electron chi connectivity index (χ1n) is 8.55. The molecule has 9 heteroatoms. The first-order valence-corrected chi connectivity index (χ1v) is 10.2. The van der Waals surface area contributed by atoms with Crippen LogP contribution in [0.1, 0.15) is 55.4 Å². The van der Waals surface area contributed by atoms with Crippen LogP contribution in [0.25, 0.3) is 0 Å². The normalized spacial score (nSPS) is 14.8. The molecule has 0 aliphatic carbocycles. The quantitative estimate of drug-likeness (QED) is 0.595. The van der Waals surface area contributed by atoms with Crippen LogP contribution in [0.3, 0.4) is 0 Å². The fraction of sp³-hybridized carbons (Fsp3) is 0.875. The Balaban J connectivity index is 5.05. The summed E-state index contributed by atoms with van der Waals surface area (Å²) in [6.07, 6.45) is -0.700. The Hall–Kier alpha value is -1.11. The van der Waals surface area contributed by atoms with Gasteiger partial charge in [0.15, 0.2) is 0 Å². The van der Waals surface area contributed by atoms with Crippen LogP contribution in [0.4, 0.5) is 4.79 Å². The summed E-state index contributed by atoms with van der Waals surface area (Å²) in [5, 5.41) is 5.12. The number of alkyl carbamates (subject to hydrolysis) is 1. The molecule has 0 radical (unpaired) electrons. The highest BCUT2D eigenvalue weighted by atomic mass is 31.2. The molecule has 148 valence electrons. The van der Waals surface area contributed by atoms with E-state index in [-0.39, 0.29) is 19.1 Å². The van der Waals surface area contributed by atoms with E-state index >= 15 is 0 Å². The van der Waals surface area contributed by atoms with Crippen LogP contribution in [0, 0.1) is 5.92 Å². The van der Waals surface area contributed by atoms with E-state index in [1.54, 1.807) is 34.6 Å². The summed E-state index contributed by atoms with van der Waals surface area (Å²) in [7, 11) is -3.52. The number of hydrogen-bond donors (Lipinski definition) is 2. The average Bonchev–Trinajstić information content (AvgIpc) is 2.42. The summed E-state index contributed by atoms with van der Waals surface area (Å²) in [5.74, 6) is -1.51. The molecular weight excluding hydrogens is 347 g/mol. The lowest BCUT2D eigenvalue weighted by molar-refractivity contribution is -0.123. The summed E-state index contributed by atoms with van der Waals surface area (Å²) in [5.41, 5.74) is -0.666. The van der Waals surface area contributed by atoms with Gasteiger partial charge in [-0.05, 0) is 47.5 Å². The molecule has 0 bridgehead atoms. The summed E-state index contributed by atoms with van der Waals surface area (Å²) in [4.78, 5) is 24.2. The van der Waals surface area contributed by atoms with Crippen molar-refractivity contribution in [3.05, 3.63) is 0 Å². The number of rotatable bonds is 9. The van der Waals surface area contributed by atoms with E-state index in [1.165, 1.54) is 6.92 Å². The summed E-state index contributed by atoms with van der Waals surface area (Å²) < 4.78 is 28.7. The maximum absolute atomic E-state index is 13.0. The highest BCUT2D eigenvalue weighted by molar-refractivity contribution is 7.54. The van der Waals surface area contributed by atoms with E-state index < -0.39 is 37.0 Å². The van der Waals surface area contributed by atoms with Gasteiger partial charge in [0.25, 0.3) is 0 Å². The van der Waals surface area contributed by atoms with Crippen LogP contribution in [-0.2, 0) is 23.1 Å². The molecule has 8 nitrogen and oxygen atoms in total. The van der Waals surface area contributed by atoms with E-state index in [9.17, 15) is 14.2 Å². The van der Waals surface area contributed by atoms with E-state index in [0.29, 0.717) is 0 Å². The molecule has 0 saturated heterocycles. The van der Waals surface area contributed by atoms with Crippen molar-refractivity contribution in [1.82, 2.24) is 10.6 Å². The molecule has 2 atom stereocenters. The predicted molar refractivity (Wildman–Crippen MR) is 96.5 cm³/mol. The van der Waals surface area contributed by atoms with Crippen molar-refractivity contribution in [2.45, 2.75) is 72.8 Å². The molecule has 0 aliphatic heterocycles. The van der Waals surface area contributed by atoms with E-state index in [4.69, 9.17) is 13.8 Å². The van der Waals surface area contributed by atoms with Crippen molar-refractivity contribution < 1.29 is 27.9 Å². The molecule has 0 spiro atoms. The zero-order chi connectivity index (χ0) is 19.8. The average molecular weight is 380 g/mol. The molecule has 2 N–H and O–H groups in total. The number of carbonyl (C=O) groups is 2. The topological polar surface area (TPSA) is 103 Å². The first-order chi connectivity index (χ1) is 11.4. The van der Waals surface area contributed by atoms with E-state index in [2.05, 4.69) is 10.6 Å². The molecule has 25 heavy (non-hydrogen) atoms. The third kappa shape index (κ3) is 8.70. The second-order valence-electron chi connectivity index (χ2n) is 6.94. The largest absolute Gasteiger partial charge is 0.444 e. The Kier molecular flexibility index (Phi) is 9.69. The van der Waals surface area contributed by atoms with Crippen molar-refractivity contribution in [2.24, 2.45) is 5.92 Å². The number of amides is 2. The van der Waals surface area contributed by atoms with Gasteiger partial charge in [0, 0.05) is 0 Å². The molecule has 0 rings (SSSR count). The minimum absolute atomic E-state index is 0.193. The van der Waals surface area contributed by atoms with E-state index in [1.807, 2.05) is 13.8 Å². The number of carbonyl (C=O) groups excluding carboxylic acids is 2. The third-order valence-corrected chi connectivity index (χ3v) is 5.65. The molecule has 0 fully saturated rings. The highest BCUT2D eigenvalue weighted by Crippen LogP contribution is 2.54. The monoisotopic (exact) mass is 380 g/mol. The van der Waals surface area contributed by atoms with Gasteiger partial charge in [-0.1, -0.05) is 13.8 Å². The SMILES string of the molecule is CCOP(=O)(OCC)C(NC(=O)[C@H](C)NC(=O)OC(C)(C)C)C(C)C. The van der Waals surface area contributed by atoms with E-state index in [0.717, 1.165) is 0 Å². The Bertz CT molecular complexity index is 480. The van der Waals surface area contributed by atoms with Crippen molar-refractivity contribution in [1.29, 1.82) is 0 Å². The lowest BCUT2D eigenvalue weighted by Gasteiger charge is -2.30. The Morgan fingerprint density at radius 3 is 1.84 bits per heavy atom. The summed E-state index contributed by atoms with van der Waals surface area (Å²) >= 11 is 0. The van der Waals surface area contributed by atoms with Crippen molar-refractivity contribution in [3.8, 4) is 0 Å². The van der Waals surface area contributed by atoms with Crippen LogP contribution in [-0.4, -0.2) is 42.6 Å². The van der Waals surface area contributed by atoms with Crippen molar-refractivity contribution in [3.63, 3.8) is 0 Å². The minimum atomic E-state index is -3.52. The van der Waals surface area contributed by atoms with Gasteiger partial charge in [0.05, 0.1) is 13.2 Å². The van der Waals surface area contributed by atoms with Gasteiger partial charge in [0.2, 0.25) is 5.91 Å². The molecule has 1 unspecified atom stereocenters. The van der Waals surface area contributed by atoms with Gasteiger partial charge in [-0.3, -0.25) is 9.36 Å². The summed E-state index contributed by atoms with van der Waals surface area (Å²) in [6.45, 7) is 14.1. The Morgan fingerprint density at radius 1 is 1.00 bits per heavy atom. The van der Waals surface area contributed by atoms with Crippen LogP contribution in [0.15, 0.2) is 0 Å². The lowest BCUT2D eigenvalue weighted by atomic mass is 10.2.